The molecule has 28 heavy (non-hydrogen) atoms. The summed E-state index contributed by atoms with van der Waals surface area (Å²) in [6, 6.07) is 0. The highest BCUT2D eigenvalue weighted by Gasteiger charge is 1.95. The van der Waals surface area contributed by atoms with Crippen molar-refractivity contribution in [3.05, 3.63) is 12.2 Å². The SMILES string of the molecule is CCCCCCCCC=CCCCCCCCCCCCCCCOC(C)=O. The van der Waals surface area contributed by atoms with Crippen LogP contribution in [0.3, 0.4) is 0 Å². The first kappa shape index (κ1) is 27.2. The summed E-state index contributed by atoms with van der Waals surface area (Å²) in [6.45, 7) is 4.36. The fraction of sp³-hybridized carbons (Fsp3) is 0.885. The molecule has 0 aromatic carbocycles. The van der Waals surface area contributed by atoms with Crippen molar-refractivity contribution in [2.45, 2.75) is 142 Å². The van der Waals surface area contributed by atoms with Crippen molar-refractivity contribution in [2.24, 2.45) is 0 Å². The molecule has 0 aromatic rings. The van der Waals surface area contributed by atoms with Gasteiger partial charge in [0.2, 0.25) is 0 Å². The summed E-state index contributed by atoms with van der Waals surface area (Å²) < 4.78 is 4.94. The van der Waals surface area contributed by atoms with Crippen LogP contribution in [0.25, 0.3) is 0 Å². The molecule has 0 heterocycles. The molecule has 0 radical (unpaired) electrons. The molecule has 0 atom stereocenters. The van der Waals surface area contributed by atoms with Gasteiger partial charge in [-0.3, -0.25) is 4.79 Å². The average Bonchev–Trinajstić information content (AvgIpc) is 2.68. The summed E-state index contributed by atoms with van der Waals surface area (Å²) >= 11 is 0. The Kier molecular flexibility index (Phi) is 23.6. The third-order valence-corrected chi connectivity index (χ3v) is 5.46. The first-order chi connectivity index (χ1) is 13.8. The van der Waals surface area contributed by atoms with Crippen LogP contribution < -0.4 is 0 Å². The lowest BCUT2D eigenvalue weighted by Gasteiger charge is -2.03. The lowest BCUT2D eigenvalue weighted by atomic mass is 10.0. The lowest BCUT2D eigenvalue weighted by Crippen LogP contribution is -2.00. The Morgan fingerprint density at radius 2 is 0.929 bits per heavy atom. The molecule has 0 bridgehead atoms. The molecule has 2 nitrogen and oxygen atoms in total. The van der Waals surface area contributed by atoms with Crippen LogP contribution in [-0.2, 0) is 9.53 Å². The molecule has 0 aliphatic heterocycles. The molecule has 0 saturated carbocycles. The first-order valence-electron chi connectivity index (χ1n) is 12.6. The molecule has 0 amide bonds. The van der Waals surface area contributed by atoms with E-state index in [9.17, 15) is 4.79 Å². The van der Waals surface area contributed by atoms with Crippen molar-refractivity contribution in [3.8, 4) is 0 Å². The lowest BCUT2D eigenvalue weighted by molar-refractivity contribution is -0.141. The normalized spacial score (nSPS) is 11.4. The molecule has 0 rings (SSSR count). The minimum Gasteiger partial charge on any atom is -0.466 e. The van der Waals surface area contributed by atoms with Gasteiger partial charge in [0.25, 0.3) is 0 Å². The van der Waals surface area contributed by atoms with Crippen LogP contribution in [0.2, 0.25) is 0 Å². The van der Waals surface area contributed by atoms with Gasteiger partial charge in [0.1, 0.15) is 0 Å². The maximum absolute atomic E-state index is 10.6. The van der Waals surface area contributed by atoms with Crippen molar-refractivity contribution in [2.75, 3.05) is 6.61 Å². The van der Waals surface area contributed by atoms with Crippen LogP contribution in [0.15, 0.2) is 12.2 Å². The smallest absolute Gasteiger partial charge is 0.302 e. The van der Waals surface area contributed by atoms with Gasteiger partial charge < -0.3 is 4.74 Å². The monoisotopic (exact) mass is 394 g/mol. The van der Waals surface area contributed by atoms with Gasteiger partial charge in [0.05, 0.1) is 6.61 Å². The van der Waals surface area contributed by atoms with Crippen molar-refractivity contribution < 1.29 is 9.53 Å². The minimum atomic E-state index is -0.153. The van der Waals surface area contributed by atoms with Crippen molar-refractivity contribution in [1.29, 1.82) is 0 Å². The average molecular weight is 395 g/mol. The summed E-state index contributed by atoms with van der Waals surface area (Å²) in [5.41, 5.74) is 0. The maximum atomic E-state index is 10.6. The minimum absolute atomic E-state index is 0.153. The van der Waals surface area contributed by atoms with E-state index >= 15 is 0 Å². The van der Waals surface area contributed by atoms with Crippen molar-refractivity contribution in [1.82, 2.24) is 0 Å². The summed E-state index contributed by atoms with van der Waals surface area (Å²) in [6.07, 6.45) is 31.9. The van der Waals surface area contributed by atoms with Crippen LogP contribution in [0.5, 0.6) is 0 Å². The number of carbonyl (C=O) groups is 1. The number of hydrogen-bond donors (Lipinski definition) is 0. The summed E-state index contributed by atoms with van der Waals surface area (Å²) in [7, 11) is 0. The molecular formula is C26H50O2. The van der Waals surface area contributed by atoms with Crippen molar-refractivity contribution in [3.63, 3.8) is 0 Å². The zero-order valence-corrected chi connectivity index (χ0v) is 19.3. The Labute approximate surface area is 176 Å². The molecule has 166 valence electrons. The molecule has 0 aromatic heterocycles. The second kappa shape index (κ2) is 24.2. The number of hydrogen-bond acceptors (Lipinski definition) is 2. The number of carbonyl (C=O) groups excluding carboxylic acids is 1. The van der Waals surface area contributed by atoms with Crippen molar-refractivity contribution >= 4 is 5.97 Å². The van der Waals surface area contributed by atoms with Gasteiger partial charge in [-0.1, -0.05) is 115 Å². The van der Waals surface area contributed by atoms with Crippen LogP contribution in [0, 0.1) is 0 Å². The summed E-state index contributed by atoms with van der Waals surface area (Å²) in [5.74, 6) is -0.153. The van der Waals surface area contributed by atoms with Gasteiger partial charge in [0.15, 0.2) is 0 Å². The van der Waals surface area contributed by atoms with E-state index in [1.165, 1.54) is 129 Å². The molecule has 0 aliphatic carbocycles. The van der Waals surface area contributed by atoms with Crippen LogP contribution in [0.1, 0.15) is 142 Å². The Hall–Kier alpha value is -0.790. The van der Waals surface area contributed by atoms with Crippen LogP contribution in [-0.4, -0.2) is 12.6 Å². The molecule has 0 unspecified atom stereocenters. The first-order valence-corrected chi connectivity index (χ1v) is 12.6. The van der Waals surface area contributed by atoms with Gasteiger partial charge >= 0.3 is 5.97 Å². The number of ether oxygens (including phenoxy) is 1. The predicted octanol–water partition coefficient (Wildman–Crippen LogP) is 8.93. The van der Waals surface area contributed by atoms with Crippen LogP contribution in [0.4, 0.5) is 0 Å². The van der Waals surface area contributed by atoms with Gasteiger partial charge in [-0.2, -0.15) is 0 Å². The van der Waals surface area contributed by atoms with Gasteiger partial charge in [-0.05, 0) is 32.1 Å². The highest BCUT2D eigenvalue weighted by Crippen LogP contribution is 2.13. The molecule has 2 heteroatoms. The molecular weight excluding hydrogens is 344 g/mol. The van der Waals surface area contributed by atoms with E-state index in [4.69, 9.17) is 4.74 Å². The number of esters is 1. The Bertz CT molecular complexity index is 335. The third kappa shape index (κ3) is 25.2. The standard InChI is InChI=1S/C26H50O2/c1-3-4-5-6-7-8-9-10-11-12-13-14-15-16-17-18-19-20-21-22-23-24-25-28-26(2)27/h10-11H,3-9,12-25H2,1-2H3. The maximum Gasteiger partial charge on any atom is 0.302 e. The highest BCUT2D eigenvalue weighted by atomic mass is 16.5. The Morgan fingerprint density at radius 3 is 1.32 bits per heavy atom. The fourth-order valence-electron chi connectivity index (χ4n) is 3.63. The van der Waals surface area contributed by atoms with E-state index in [-0.39, 0.29) is 5.97 Å². The summed E-state index contributed by atoms with van der Waals surface area (Å²) in [5, 5.41) is 0. The van der Waals surface area contributed by atoms with E-state index in [0.717, 1.165) is 6.42 Å². The number of unbranched alkanes of at least 4 members (excludes halogenated alkanes) is 18. The molecule has 0 saturated heterocycles. The fourth-order valence-corrected chi connectivity index (χ4v) is 3.63. The molecule has 0 aliphatic rings. The number of allylic oxidation sites excluding steroid dienone is 2. The van der Waals surface area contributed by atoms with Crippen LogP contribution >= 0.6 is 0 Å². The third-order valence-electron chi connectivity index (χ3n) is 5.46. The Morgan fingerprint density at radius 1 is 0.571 bits per heavy atom. The quantitative estimate of drug-likeness (QED) is 0.104. The molecule has 0 spiro atoms. The molecule has 0 fully saturated rings. The van der Waals surface area contributed by atoms with E-state index in [0.29, 0.717) is 6.61 Å². The van der Waals surface area contributed by atoms with Gasteiger partial charge in [-0.15, -0.1) is 0 Å². The second-order valence-electron chi connectivity index (χ2n) is 8.40. The largest absolute Gasteiger partial charge is 0.466 e. The van der Waals surface area contributed by atoms with E-state index in [2.05, 4.69) is 19.1 Å². The predicted molar refractivity (Wildman–Crippen MR) is 124 cm³/mol. The van der Waals surface area contributed by atoms with E-state index in [1.807, 2.05) is 0 Å². The topological polar surface area (TPSA) is 26.3 Å². The summed E-state index contributed by atoms with van der Waals surface area (Å²) in [4.78, 5) is 10.6. The van der Waals surface area contributed by atoms with Gasteiger partial charge in [-0.25, -0.2) is 0 Å². The van der Waals surface area contributed by atoms with Gasteiger partial charge in [0, 0.05) is 6.92 Å². The highest BCUT2D eigenvalue weighted by molar-refractivity contribution is 5.65. The molecule has 0 N–H and O–H groups in total. The Balaban J connectivity index is 3.06. The zero-order valence-electron chi connectivity index (χ0n) is 19.3. The van der Waals surface area contributed by atoms with E-state index < -0.39 is 0 Å². The van der Waals surface area contributed by atoms with E-state index in [1.54, 1.807) is 0 Å². The second-order valence-corrected chi connectivity index (χ2v) is 8.40. The zero-order chi connectivity index (χ0) is 20.5. The number of rotatable bonds is 22.